The molecule has 0 amide bonds. The Morgan fingerprint density at radius 2 is 1.71 bits per heavy atom. The van der Waals surface area contributed by atoms with E-state index in [-0.39, 0.29) is 11.7 Å². The minimum atomic E-state index is -0.205. The van der Waals surface area contributed by atoms with E-state index in [1.54, 1.807) is 12.1 Å². The highest BCUT2D eigenvalue weighted by atomic mass is 19.1. The summed E-state index contributed by atoms with van der Waals surface area (Å²) in [5, 5.41) is 0. The number of rotatable bonds is 6. The van der Waals surface area contributed by atoms with E-state index in [2.05, 4.69) is 32.2 Å². The Hall–Kier alpha value is -2.15. The maximum Gasteiger partial charge on any atom is 0.124 e. The number of benzene rings is 2. The van der Waals surface area contributed by atoms with E-state index in [0.717, 1.165) is 29.5 Å². The highest BCUT2D eigenvalue weighted by Gasteiger charge is 2.15. The molecule has 0 aliphatic carbocycles. The summed E-state index contributed by atoms with van der Waals surface area (Å²) in [6.07, 6.45) is 5.56. The molecule has 0 radical (unpaired) electrons. The highest BCUT2D eigenvalue weighted by molar-refractivity contribution is 5.52. The quantitative estimate of drug-likeness (QED) is 0.604. The Morgan fingerprint density at radius 1 is 1.00 bits per heavy atom. The predicted molar refractivity (Wildman–Crippen MR) is 89.8 cm³/mol. The van der Waals surface area contributed by atoms with Gasteiger partial charge in [-0.05, 0) is 40.8 Å². The third kappa shape index (κ3) is 3.69. The van der Waals surface area contributed by atoms with Gasteiger partial charge in [0.2, 0.25) is 0 Å². The van der Waals surface area contributed by atoms with Crippen LogP contribution in [-0.2, 0) is 0 Å². The first kappa shape index (κ1) is 15.2. The Kier molecular flexibility index (Phi) is 5.10. The summed E-state index contributed by atoms with van der Waals surface area (Å²) < 4.78 is 13.8. The van der Waals surface area contributed by atoms with E-state index in [1.807, 2.05) is 24.3 Å². The first-order valence-electron chi connectivity index (χ1n) is 7.33. The van der Waals surface area contributed by atoms with Crippen molar-refractivity contribution < 1.29 is 4.39 Å². The molecule has 0 saturated heterocycles. The first-order chi connectivity index (χ1) is 10.2. The largest absolute Gasteiger partial charge is 0.207 e. The number of hydrogen-bond acceptors (Lipinski definition) is 0. The lowest BCUT2D eigenvalue weighted by molar-refractivity contribution is 0.618. The van der Waals surface area contributed by atoms with Crippen molar-refractivity contribution in [2.45, 2.75) is 25.7 Å². The SMILES string of the molecule is C=Cc1cccc(C(CCC)c2cc(F)cc(C=C)c2)c1. The standard InChI is InChI=1S/C20H21F/c1-4-8-20(17-10-7-9-15(5-2)11-17)18-12-16(6-3)13-19(21)14-18/h5-7,9-14,20H,2-4,8H2,1H3. The smallest absolute Gasteiger partial charge is 0.124 e. The molecule has 0 heterocycles. The lowest BCUT2D eigenvalue weighted by atomic mass is 9.86. The molecule has 0 aliphatic rings. The van der Waals surface area contributed by atoms with Gasteiger partial charge in [-0.1, -0.05) is 69.0 Å². The van der Waals surface area contributed by atoms with Crippen LogP contribution in [0.3, 0.4) is 0 Å². The van der Waals surface area contributed by atoms with Gasteiger partial charge in [0.05, 0.1) is 0 Å². The van der Waals surface area contributed by atoms with Gasteiger partial charge < -0.3 is 0 Å². The zero-order valence-electron chi connectivity index (χ0n) is 12.5. The molecule has 0 nitrogen and oxygen atoms in total. The van der Waals surface area contributed by atoms with Crippen molar-refractivity contribution >= 4 is 12.2 Å². The summed E-state index contributed by atoms with van der Waals surface area (Å²) in [6, 6.07) is 13.5. The lowest BCUT2D eigenvalue weighted by Gasteiger charge is -2.18. The topological polar surface area (TPSA) is 0 Å². The van der Waals surface area contributed by atoms with Crippen LogP contribution in [0.25, 0.3) is 12.2 Å². The van der Waals surface area contributed by atoms with Crippen LogP contribution in [0, 0.1) is 5.82 Å². The zero-order chi connectivity index (χ0) is 15.2. The van der Waals surface area contributed by atoms with Gasteiger partial charge in [-0.25, -0.2) is 4.39 Å². The van der Waals surface area contributed by atoms with Gasteiger partial charge in [-0.15, -0.1) is 0 Å². The van der Waals surface area contributed by atoms with Crippen LogP contribution in [0.2, 0.25) is 0 Å². The summed E-state index contributed by atoms with van der Waals surface area (Å²) in [5.41, 5.74) is 4.13. The van der Waals surface area contributed by atoms with Crippen molar-refractivity contribution in [3.63, 3.8) is 0 Å². The number of hydrogen-bond donors (Lipinski definition) is 0. The van der Waals surface area contributed by atoms with E-state index in [9.17, 15) is 4.39 Å². The molecule has 0 saturated carbocycles. The van der Waals surface area contributed by atoms with Crippen molar-refractivity contribution in [3.05, 3.63) is 83.7 Å². The molecule has 2 aromatic carbocycles. The Morgan fingerprint density at radius 3 is 2.38 bits per heavy atom. The summed E-state index contributed by atoms with van der Waals surface area (Å²) >= 11 is 0. The third-order valence-corrected chi connectivity index (χ3v) is 3.71. The van der Waals surface area contributed by atoms with Crippen LogP contribution in [0.5, 0.6) is 0 Å². The third-order valence-electron chi connectivity index (χ3n) is 3.71. The lowest BCUT2D eigenvalue weighted by Crippen LogP contribution is -2.02. The summed E-state index contributed by atoms with van der Waals surface area (Å²) in [7, 11) is 0. The molecule has 1 unspecified atom stereocenters. The van der Waals surface area contributed by atoms with Crippen molar-refractivity contribution in [2.75, 3.05) is 0 Å². The maximum absolute atomic E-state index is 13.8. The summed E-state index contributed by atoms with van der Waals surface area (Å²) in [5.74, 6) is -0.00678. The molecule has 1 heteroatoms. The van der Waals surface area contributed by atoms with E-state index in [0.29, 0.717) is 0 Å². The van der Waals surface area contributed by atoms with Crippen molar-refractivity contribution in [1.29, 1.82) is 0 Å². The predicted octanol–water partition coefficient (Wildman–Crippen LogP) is 6.04. The van der Waals surface area contributed by atoms with Gasteiger partial charge in [-0.2, -0.15) is 0 Å². The zero-order valence-corrected chi connectivity index (χ0v) is 12.5. The normalized spacial score (nSPS) is 11.9. The van der Waals surface area contributed by atoms with Crippen molar-refractivity contribution in [1.82, 2.24) is 0 Å². The summed E-state index contributed by atoms with van der Waals surface area (Å²) in [4.78, 5) is 0. The molecule has 2 aromatic rings. The van der Waals surface area contributed by atoms with Gasteiger partial charge in [-0.3, -0.25) is 0 Å². The molecular weight excluding hydrogens is 259 g/mol. The fourth-order valence-electron chi connectivity index (χ4n) is 2.67. The van der Waals surface area contributed by atoms with Crippen LogP contribution >= 0.6 is 0 Å². The second-order valence-corrected chi connectivity index (χ2v) is 5.24. The fourth-order valence-corrected chi connectivity index (χ4v) is 2.67. The van der Waals surface area contributed by atoms with Crippen molar-refractivity contribution in [3.8, 4) is 0 Å². The van der Waals surface area contributed by atoms with Crippen LogP contribution in [0.1, 0.15) is 47.9 Å². The molecule has 0 fully saturated rings. The molecule has 0 aliphatic heterocycles. The molecule has 0 spiro atoms. The van der Waals surface area contributed by atoms with Crippen LogP contribution in [0.15, 0.2) is 55.6 Å². The average molecular weight is 280 g/mol. The van der Waals surface area contributed by atoms with Gasteiger partial charge in [0, 0.05) is 5.92 Å². The van der Waals surface area contributed by atoms with Crippen molar-refractivity contribution in [2.24, 2.45) is 0 Å². The fraction of sp³-hybridized carbons (Fsp3) is 0.200. The van der Waals surface area contributed by atoms with Gasteiger partial charge in [0.25, 0.3) is 0 Å². The minimum Gasteiger partial charge on any atom is -0.207 e. The molecule has 21 heavy (non-hydrogen) atoms. The molecule has 2 rings (SSSR count). The Bertz CT molecular complexity index is 640. The molecular formula is C20H21F. The van der Waals surface area contributed by atoms with E-state index in [4.69, 9.17) is 0 Å². The molecule has 0 bridgehead atoms. The minimum absolute atomic E-state index is 0.198. The Balaban J connectivity index is 2.49. The highest BCUT2D eigenvalue weighted by Crippen LogP contribution is 2.31. The second-order valence-electron chi connectivity index (χ2n) is 5.24. The van der Waals surface area contributed by atoms with Gasteiger partial charge in [0.1, 0.15) is 5.82 Å². The van der Waals surface area contributed by atoms with Crippen LogP contribution in [0.4, 0.5) is 4.39 Å². The maximum atomic E-state index is 13.8. The summed E-state index contributed by atoms with van der Waals surface area (Å²) in [6.45, 7) is 9.71. The van der Waals surface area contributed by atoms with Gasteiger partial charge in [0.15, 0.2) is 0 Å². The van der Waals surface area contributed by atoms with E-state index >= 15 is 0 Å². The van der Waals surface area contributed by atoms with E-state index in [1.165, 1.54) is 11.6 Å². The molecule has 1 atom stereocenters. The average Bonchev–Trinajstić information content (AvgIpc) is 2.51. The second kappa shape index (κ2) is 7.03. The molecule has 0 N–H and O–H groups in total. The Labute approximate surface area is 126 Å². The van der Waals surface area contributed by atoms with Crippen LogP contribution < -0.4 is 0 Å². The molecule has 108 valence electrons. The first-order valence-corrected chi connectivity index (χ1v) is 7.33. The van der Waals surface area contributed by atoms with Gasteiger partial charge >= 0.3 is 0 Å². The van der Waals surface area contributed by atoms with Crippen LogP contribution in [-0.4, -0.2) is 0 Å². The number of halogens is 1. The molecule has 0 aromatic heterocycles. The monoisotopic (exact) mass is 280 g/mol. The van der Waals surface area contributed by atoms with E-state index < -0.39 is 0 Å².